The Morgan fingerprint density at radius 2 is 1.45 bits per heavy atom. The molecule has 276 valence electrons. The molecule has 1 heterocycles. The Morgan fingerprint density at radius 1 is 0.800 bits per heavy atom. The molecule has 4 aromatic rings. The molecule has 1 N–H and O–H groups in total. The molecule has 0 bridgehead atoms. The predicted octanol–water partition coefficient (Wildman–Crippen LogP) is -8.85. The third-order valence-corrected chi connectivity index (χ3v) is 11.2. The Bertz CT molecular complexity index is 2190. The Labute approximate surface area is 418 Å². The van der Waals surface area contributed by atoms with E-state index in [9.17, 15) is 44.2 Å². The van der Waals surface area contributed by atoms with Crippen molar-refractivity contribution in [3.8, 4) is 5.75 Å². The Kier molecular flexibility index (Phi) is 26.6. The molecule has 4 rings (SSSR count). The minimum Gasteiger partial charge on any atom is -0.748 e. The summed E-state index contributed by atoms with van der Waals surface area (Å²) in [4.78, 5) is 12.5. The second kappa shape index (κ2) is 26.2. The van der Waals surface area contributed by atoms with Crippen LogP contribution in [-0.4, -0.2) is 84.0 Å². The SMILES string of the molecule is COc1cc(N=Nc2ccc3cc(SOO[O-])cc(S(=O)(=O)[O-])c3c2)ccc1Nc1nc(CSCCS(=O)(=O)[O-])nc(SCCCS(=O)(=O)[O-])n1.[Na+].[Na+].[Na+].[Na+]. The second-order valence-corrected chi connectivity index (χ2v) is 17.2. The Hall–Kier alpha value is 0.790. The van der Waals surface area contributed by atoms with Gasteiger partial charge in [0.25, 0.3) is 0 Å². The zero-order chi connectivity index (χ0) is 37.2. The van der Waals surface area contributed by atoms with E-state index in [4.69, 9.17) is 4.74 Å². The zero-order valence-electron chi connectivity index (χ0n) is 29.9. The molecule has 0 saturated heterocycles. The molecule has 0 spiro atoms. The maximum atomic E-state index is 12.0. The van der Waals surface area contributed by atoms with Gasteiger partial charge in [-0.25, -0.2) is 30.2 Å². The van der Waals surface area contributed by atoms with E-state index in [-0.39, 0.29) is 181 Å². The summed E-state index contributed by atoms with van der Waals surface area (Å²) >= 11 is 2.60. The monoisotopic (exact) mass is 912 g/mol. The third kappa shape index (κ3) is 19.8. The maximum absolute atomic E-state index is 12.0. The van der Waals surface area contributed by atoms with Crippen molar-refractivity contribution >= 4 is 99.7 Å². The van der Waals surface area contributed by atoms with Crippen LogP contribution in [0.5, 0.6) is 5.75 Å². The van der Waals surface area contributed by atoms with E-state index in [1.807, 2.05) is 0 Å². The summed E-state index contributed by atoms with van der Waals surface area (Å²) in [5.74, 6) is -0.276. The number of methoxy groups -OCH3 is 1. The fourth-order valence-corrected chi connectivity index (χ4v) is 8.50. The average molecular weight is 913 g/mol. The van der Waals surface area contributed by atoms with Gasteiger partial charge < -0.3 is 29.0 Å². The molecule has 0 aliphatic carbocycles. The molecular formula is C26H24N6Na4O13S6. The van der Waals surface area contributed by atoms with Crippen LogP contribution < -0.4 is 134 Å². The van der Waals surface area contributed by atoms with Gasteiger partial charge in [-0.1, -0.05) is 17.8 Å². The van der Waals surface area contributed by atoms with Gasteiger partial charge in [0.2, 0.25) is 5.95 Å². The van der Waals surface area contributed by atoms with Crippen LogP contribution in [0, 0.1) is 0 Å². The summed E-state index contributed by atoms with van der Waals surface area (Å²) in [6.45, 7) is 0. The van der Waals surface area contributed by atoms with E-state index < -0.39 is 46.8 Å². The van der Waals surface area contributed by atoms with Gasteiger partial charge in [-0.15, -0.1) is 0 Å². The fourth-order valence-electron chi connectivity index (χ4n) is 4.04. The quantitative estimate of drug-likeness (QED) is 0.0134. The van der Waals surface area contributed by atoms with Crippen LogP contribution in [0.15, 0.2) is 73.7 Å². The molecule has 0 fully saturated rings. The van der Waals surface area contributed by atoms with Crippen molar-refractivity contribution < 1.29 is 177 Å². The normalized spacial score (nSPS) is 11.6. The van der Waals surface area contributed by atoms with Crippen LogP contribution in [0.25, 0.3) is 10.8 Å². The largest absolute Gasteiger partial charge is 1.00 e. The molecule has 29 heteroatoms. The number of hydrogen-bond donors (Lipinski definition) is 1. The number of ether oxygens (including phenoxy) is 1. The summed E-state index contributed by atoms with van der Waals surface area (Å²) in [6, 6.07) is 11.5. The fraction of sp³-hybridized carbons (Fsp3) is 0.269. The number of azo groups is 1. The van der Waals surface area contributed by atoms with Gasteiger partial charge in [0.1, 0.15) is 21.7 Å². The van der Waals surface area contributed by atoms with Gasteiger partial charge >= 0.3 is 118 Å². The first-order valence-electron chi connectivity index (χ1n) is 13.9. The Balaban J connectivity index is 0.00000729. The summed E-state index contributed by atoms with van der Waals surface area (Å²) in [5, 5.41) is 25.3. The number of thioether (sulfide) groups is 2. The van der Waals surface area contributed by atoms with E-state index in [0.717, 1.165) is 29.6 Å². The van der Waals surface area contributed by atoms with Crippen LogP contribution in [0.2, 0.25) is 0 Å². The summed E-state index contributed by atoms with van der Waals surface area (Å²) in [6.07, 6.45) is 0.0488. The minimum atomic E-state index is -4.95. The van der Waals surface area contributed by atoms with Crippen LogP contribution in [-0.2, 0) is 45.5 Å². The van der Waals surface area contributed by atoms with Gasteiger partial charge in [0.05, 0.1) is 67.1 Å². The summed E-state index contributed by atoms with van der Waals surface area (Å²) < 4.78 is 111. The first kappa shape index (κ1) is 55.8. The topological polar surface area (TPSA) is 298 Å². The van der Waals surface area contributed by atoms with Crippen LogP contribution >= 0.6 is 35.6 Å². The van der Waals surface area contributed by atoms with Crippen molar-refractivity contribution in [3.05, 3.63) is 54.4 Å². The number of hydrogen-bond acceptors (Lipinski definition) is 22. The van der Waals surface area contributed by atoms with E-state index >= 15 is 0 Å². The number of anilines is 2. The van der Waals surface area contributed by atoms with E-state index in [0.29, 0.717) is 28.8 Å². The molecule has 0 aliphatic rings. The second-order valence-electron chi connectivity index (χ2n) is 9.85. The molecule has 0 radical (unpaired) electrons. The van der Waals surface area contributed by atoms with Crippen molar-refractivity contribution in [1.29, 1.82) is 0 Å². The van der Waals surface area contributed by atoms with Crippen molar-refractivity contribution in [2.24, 2.45) is 10.2 Å². The van der Waals surface area contributed by atoms with Crippen LogP contribution in [0.4, 0.5) is 23.0 Å². The van der Waals surface area contributed by atoms with Crippen molar-refractivity contribution in [1.82, 2.24) is 15.0 Å². The number of aromatic nitrogens is 3. The van der Waals surface area contributed by atoms with Crippen LogP contribution in [0.3, 0.4) is 0 Å². The predicted molar refractivity (Wildman–Crippen MR) is 181 cm³/mol. The molecule has 0 unspecified atom stereocenters. The van der Waals surface area contributed by atoms with E-state index in [1.54, 1.807) is 12.1 Å². The number of benzene rings is 3. The molecule has 19 nitrogen and oxygen atoms in total. The van der Waals surface area contributed by atoms with Gasteiger partial charge in [0, 0.05) is 39.4 Å². The molecule has 55 heavy (non-hydrogen) atoms. The summed E-state index contributed by atoms with van der Waals surface area (Å²) in [5.41, 5.74) is 0.888. The number of nitrogens with zero attached hydrogens (tertiary/aromatic N) is 5. The molecule has 1 aromatic heterocycles. The van der Waals surface area contributed by atoms with Gasteiger partial charge in [0.15, 0.2) is 5.16 Å². The maximum Gasteiger partial charge on any atom is 1.00 e. The molecule has 0 atom stereocenters. The zero-order valence-corrected chi connectivity index (χ0v) is 42.8. The first-order chi connectivity index (χ1) is 24.0. The smallest absolute Gasteiger partial charge is 0.748 e. The number of nitrogens with one attached hydrogen (secondary N) is 1. The molecule has 3 aromatic carbocycles. The van der Waals surface area contributed by atoms with Gasteiger partial charge in [-0.3, -0.25) is 5.04 Å². The summed E-state index contributed by atoms with van der Waals surface area (Å²) in [7, 11) is -12.4. The molecular weight excluding hydrogens is 889 g/mol. The van der Waals surface area contributed by atoms with Crippen molar-refractivity contribution in [2.75, 3.05) is 35.4 Å². The number of rotatable bonds is 19. The Morgan fingerprint density at radius 3 is 2.07 bits per heavy atom. The van der Waals surface area contributed by atoms with E-state index in [2.05, 4.69) is 39.9 Å². The van der Waals surface area contributed by atoms with Crippen LogP contribution in [0.1, 0.15) is 12.2 Å². The van der Waals surface area contributed by atoms with Gasteiger partial charge in [-0.2, -0.15) is 36.3 Å². The van der Waals surface area contributed by atoms with Crippen molar-refractivity contribution in [3.63, 3.8) is 0 Å². The first-order valence-corrected chi connectivity index (χ1v) is 21.3. The molecule has 0 amide bonds. The minimum absolute atomic E-state index is 0. The van der Waals surface area contributed by atoms with Gasteiger partial charge in [-0.05, 0) is 48.2 Å². The molecule has 0 saturated carbocycles. The van der Waals surface area contributed by atoms with Crippen molar-refractivity contribution in [2.45, 2.75) is 27.1 Å². The number of fused-ring (bicyclic) bond motifs is 1. The van der Waals surface area contributed by atoms with E-state index in [1.165, 1.54) is 37.4 Å². The third-order valence-electron chi connectivity index (χ3n) is 6.15. The molecule has 0 aliphatic heterocycles. The standard InChI is InChI=1S/C26H28N6O13S6.4Na/c1-43-22-13-18(32-31-17-4-3-16-11-19(48-45-44-33)14-23(20(16)12-17)51(40,41)42)5-6-21(22)27-25-28-24(15-46-8-10-50(37,38)39)29-26(30-25)47-7-2-9-49(34,35)36;;;;/h3-6,11-14,33H,2,7-10,15H2,1H3,(H,34,35,36)(H,37,38,39)(H,40,41,42)(H,27,28,29,30);;;;/q;4*+1/p-4. The average Bonchev–Trinajstić information content (AvgIpc) is 3.05.